The SMILES string of the molecule is COC(=O)COc1ccc(/C=N/NC(=O)CSCc2ccccc2)cc1. The maximum absolute atomic E-state index is 11.7. The molecule has 0 saturated heterocycles. The standard InChI is InChI=1S/C19H20N2O4S/c1-24-19(23)12-25-17-9-7-15(8-10-17)11-20-21-18(22)14-26-13-16-5-3-2-4-6-16/h2-11H,12-14H2,1H3,(H,21,22)/b20-11+. The van der Waals surface area contributed by atoms with Gasteiger partial charge in [-0.1, -0.05) is 30.3 Å². The molecule has 7 heteroatoms. The molecule has 2 rings (SSSR count). The third-order valence-corrected chi connectivity index (χ3v) is 4.22. The molecule has 0 heterocycles. The molecular formula is C19H20N2O4S. The number of amides is 1. The normalized spacial score (nSPS) is 10.5. The van der Waals surface area contributed by atoms with E-state index in [1.807, 2.05) is 30.3 Å². The highest BCUT2D eigenvalue weighted by Gasteiger charge is 2.02. The van der Waals surface area contributed by atoms with Gasteiger partial charge in [0.1, 0.15) is 5.75 Å². The van der Waals surface area contributed by atoms with Crippen LogP contribution >= 0.6 is 11.8 Å². The van der Waals surface area contributed by atoms with Crippen molar-refractivity contribution in [2.24, 2.45) is 5.10 Å². The Balaban J connectivity index is 1.68. The van der Waals surface area contributed by atoms with Gasteiger partial charge in [-0.05, 0) is 35.4 Å². The lowest BCUT2D eigenvalue weighted by atomic mass is 10.2. The van der Waals surface area contributed by atoms with Gasteiger partial charge >= 0.3 is 5.97 Å². The summed E-state index contributed by atoms with van der Waals surface area (Å²) in [6.45, 7) is -0.138. The predicted molar refractivity (Wildman–Crippen MR) is 102 cm³/mol. The van der Waals surface area contributed by atoms with E-state index in [1.54, 1.807) is 30.5 Å². The number of esters is 1. The second-order valence-corrected chi connectivity index (χ2v) is 6.19. The average molecular weight is 372 g/mol. The van der Waals surface area contributed by atoms with Gasteiger partial charge in [0.25, 0.3) is 0 Å². The van der Waals surface area contributed by atoms with Gasteiger partial charge in [0.15, 0.2) is 6.61 Å². The topological polar surface area (TPSA) is 77.0 Å². The van der Waals surface area contributed by atoms with Gasteiger partial charge in [0.2, 0.25) is 5.91 Å². The summed E-state index contributed by atoms with van der Waals surface area (Å²) in [6.07, 6.45) is 1.55. The molecule has 2 aromatic carbocycles. The average Bonchev–Trinajstić information content (AvgIpc) is 2.68. The van der Waals surface area contributed by atoms with Crippen molar-refractivity contribution in [3.8, 4) is 5.75 Å². The van der Waals surface area contributed by atoms with Crippen LogP contribution in [-0.4, -0.2) is 37.6 Å². The first-order chi connectivity index (χ1) is 12.7. The van der Waals surface area contributed by atoms with Crippen LogP contribution in [0.2, 0.25) is 0 Å². The van der Waals surface area contributed by atoms with Gasteiger partial charge in [0.05, 0.1) is 19.1 Å². The molecule has 6 nitrogen and oxygen atoms in total. The number of methoxy groups -OCH3 is 1. The summed E-state index contributed by atoms with van der Waals surface area (Å²) in [5, 5.41) is 3.93. The predicted octanol–water partition coefficient (Wildman–Crippen LogP) is 2.62. The first kappa shape index (κ1) is 19.5. The van der Waals surface area contributed by atoms with E-state index in [-0.39, 0.29) is 12.5 Å². The molecule has 1 N–H and O–H groups in total. The fourth-order valence-corrected chi connectivity index (χ4v) is 2.68. The van der Waals surface area contributed by atoms with Crippen molar-refractivity contribution < 1.29 is 19.1 Å². The van der Waals surface area contributed by atoms with E-state index in [4.69, 9.17) is 4.74 Å². The number of hydrogen-bond acceptors (Lipinski definition) is 6. The molecule has 0 saturated carbocycles. The summed E-state index contributed by atoms with van der Waals surface area (Å²) < 4.78 is 9.74. The minimum absolute atomic E-state index is 0.138. The summed E-state index contributed by atoms with van der Waals surface area (Å²) in [5.41, 5.74) is 4.48. The molecule has 0 aliphatic rings. The highest BCUT2D eigenvalue weighted by Crippen LogP contribution is 2.12. The number of ether oxygens (including phenoxy) is 2. The molecule has 2 aromatic rings. The van der Waals surface area contributed by atoms with Gasteiger partial charge in [0, 0.05) is 5.75 Å². The zero-order valence-corrected chi connectivity index (χ0v) is 15.2. The van der Waals surface area contributed by atoms with Gasteiger partial charge in [-0.25, -0.2) is 10.2 Å². The number of benzene rings is 2. The lowest BCUT2D eigenvalue weighted by Crippen LogP contribution is -2.19. The van der Waals surface area contributed by atoms with Gasteiger partial charge < -0.3 is 9.47 Å². The van der Waals surface area contributed by atoms with E-state index in [9.17, 15) is 9.59 Å². The van der Waals surface area contributed by atoms with E-state index in [2.05, 4.69) is 15.3 Å². The molecule has 1 amide bonds. The zero-order chi connectivity index (χ0) is 18.6. The van der Waals surface area contributed by atoms with Crippen LogP contribution in [0.15, 0.2) is 59.7 Å². The Bertz CT molecular complexity index is 733. The van der Waals surface area contributed by atoms with E-state index in [1.165, 1.54) is 24.4 Å². The van der Waals surface area contributed by atoms with Crippen molar-refractivity contribution in [3.05, 3.63) is 65.7 Å². The summed E-state index contributed by atoms with van der Waals surface area (Å²) in [4.78, 5) is 22.7. The molecule has 0 unspecified atom stereocenters. The van der Waals surface area contributed by atoms with Crippen LogP contribution in [0, 0.1) is 0 Å². The van der Waals surface area contributed by atoms with E-state index >= 15 is 0 Å². The molecule has 0 fully saturated rings. The van der Waals surface area contributed by atoms with E-state index in [0.717, 1.165) is 11.3 Å². The van der Waals surface area contributed by atoms with Crippen molar-refractivity contribution in [2.45, 2.75) is 5.75 Å². The van der Waals surface area contributed by atoms with E-state index < -0.39 is 5.97 Å². The molecule has 0 spiro atoms. The fourth-order valence-electron chi connectivity index (χ4n) is 1.90. The molecule has 0 aliphatic heterocycles. The van der Waals surface area contributed by atoms with Gasteiger partial charge in [-0.15, -0.1) is 11.8 Å². The van der Waals surface area contributed by atoms with Crippen LogP contribution in [-0.2, 0) is 20.1 Å². The molecule has 0 aliphatic carbocycles. The number of rotatable bonds is 9. The Morgan fingerprint density at radius 1 is 1.12 bits per heavy atom. The molecule has 0 atom stereocenters. The van der Waals surface area contributed by atoms with Crippen molar-refractivity contribution in [1.29, 1.82) is 0 Å². The molecular weight excluding hydrogens is 352 g/mol. The molecule has 26 heavy (non-hydrogen) atoms. The minimum Gasteiger partial charge on any atom is -0.482 e. The summed E-state index contributed by atoms with van der Waals surface area (Å²) >= 11 is 1.53. The quantitative estimate of drug-likeness (QED) is 0.416. The van der Waals surface area contributed by atoms with Crippen LogP contribution in [0.3, 0.4) is 0 Å². The molecule has 0 radical (unpaired) electrons. The summed E-state index contributed by atoms with van der Waals surface area (Å²) in [7, 11) is 1.31. The largest absolute Gasteiger partial charge is 0.482 e. The van der Waals surface area contributed by atoms with Crippen molar-refractivity contribution in [1.82, 2.24) is 5.43 Å². The number of nitrogens with zero attached hydrogens (tertiary/aromatic N) is 1. The summed E-state index contributed by atoms with van der Waals surface area (Å²) in [6, 6.07) is 16.9. The van der Waals surface area contributed by atoms with Crippen molar-refractivity contribution in [3.63, 3.8) is 0 Å². The second-order valence-electron chi connectivity index (χ2n) is 5.21. The molecule has 0 bridgehead atoms. The molecule has 136 valence electrons. The van der Waals surface area contributed by atoms with Crippen LogP contribution in [0.25, 0.3) is 0 Å². The Morgan fingerprint density at radius 3 is 2.54 bits per heavy atom. The maximum Gasteiger partial charge on any atom is 0.343 e. The number of hydrogen-bond donors (Lipinski definition) is 1. The summed E-state index contributed by atoms with van der Waals surface area (Å²) in [5.74, 6) is 1.08. The fraction of sp³-hybridized carbons (Fsp3) is 0.211. The Labute approximate surface area is 156 Å². The number of carbonyl (C=O) groups excluding carboxylic acids is 2. The monoisotopic (exact) mass is 372 g/mol. The van der Waals surface area contributed by atoms with Crippen molar-refractivity contribution in [2.75, 3.05) is 19.5 Å². The smallest absolute Gasteiger partial charge is 0.343 e. The van der Waals surface area contributed by atoms with Crippen LogP contribution < -0.4 is 10.2 Å². The highest BCUT2D eigenvalue weighted by molar-refractivity contribution is 7.99. The zero-order valence-electron chi connectivity index (χ0n) is 14.4. The van der Waals surface area contributed by atoms with Crippen LogP contribution in [0.4, 0.5) is 0 Å². The Hall–Kier alpha value is -2.80. The van der Waals surface area contributed by atoms with Crippen LogP contribution in [0.1, 0.15) is 11.1 Å². The first-order valence-corrected chi connectivity index (χ1v) is 9.06. The van der Waals surface area contributed by atoms with Gasteiger partial charge in [-0.2, -0.15) is 5.10 Å². The first-order valence-electron chi connectivity index (χ1n) is 7.90. The number of thioether (sulfide) groups is 1. The number of carbonyl (C=O) groups is 2. The minimum atomic E-state index is -0.441. The maximum atomic E-state index is 11.7. The molecule has 0 aromatic heterocycles. The Kier molecular flexibility index (Phi) is 8.21. The third kappa shape index (κ3) is 7.40. The lowest BCUT2D eigenvalue weighted by molar-refractivity contribution is -0.142. The van der Waals surface area contributed by atoms with Gasteiger partial charge in [-0.3, -0.25) is 4.79 Å². The van der Waals surface area contributed by atoms with E-state index in [0.29, 0.717) is 11.5 Å². The Morgan fingerprint density at radius 2 is 1.85 bits per heavy atom. The van der Waals surface area contributed by atoms with Crippen LogP contribution in [0.5, 0.6) is 5.75 Å². The third-order valence-electron chi connectivity index (χ3n) is 3.21. The van der Waals surface area contributed by atoms with Crippen molar-refractivity contribution >= 4 is 29.9 Å². The second kappa shape index (κ2) is 10.9. The number of hydrazone groups is 1. The highest BCUT2D eigenvalue weighted by atomic mass is 32.2. The lowest BCUT2D eigenvalue weighted by Gasteiger charge is -2.04. The number of nitrogens with one attached hydrogen (secondary N) is 1.